The van der Waals surface area contributed by atoms with Gasteiger partial charge in [-0.15, -0.1) is 0 Å². The van der Waals surface area contributed by atoms with Crippen LogP contribution in [-0.4, -0.2) is 39.4 Å². The Kier molecular flexibility index (Phi) is 4.83. The lowest BCUT2D eigenvalue weighted by molar-refractivity contribution is 0.0515. The van der Waals surface area contributed by atoms with Crippen LogP contribution in [0.3, 0.4) is 0 Å². The van der Waals surface area contributed by atoms with Gasteiger partial charge in [-0.1, -0.05) is 6.92 Å². The SMILES string of the molecule is COCC1(CNC2CCC(C)C2)CCNCC1. The maximum atomic E-state index is 5.45. The Bertz CT molecular complexity index is 221. The molecule has 100 valence electrons. The van der Waals surface area contributed by atoms with Crippen LogP contribution in [0, 0.1) is 11.3 Å². The van der Waals surface area contributed by atoms with E-state index in [0.29, 0.717) is 5.41 Å². The summed E-state index contributed by atoms with van der Waals surface area (Å²) in [5.74, 6) is 0.916. The molecule has 1 saturated carbocycles. The summed E-state index contributed by atoms with van der Waals surface area (Å²) >= 11 is 0. The van der Waals surface area contributed by atoms with Crippen LogP contribution < -0.4 is 10.6 Å². The van der Waals surface area contributed by atoms with Crippen molar-refractivity contribution in [3.63, 3.8) is 0 Å². The second-order valence-corrected chi connectivity index (χ2v) is 6.18. The average molecular weight is 240 g/mol. The molecule has 0 aromatic carbocycles. The monoisotopic (exact) mass is 240 g/mol. The number of ether oxygens (including phenoxy) is 1. The van der Waals surface area contributed by atoms with E-state index >= 15 is 0 Å². The zero-order chi connectivity index (χ0) is 12.1. The predicted octanol–water partition coefficient (Wildman–Crippen LogP) is 1.78. The number of methoxy groups -OCH3 is 1. The van der Waals surface area contributed by atoms with Crippen LogP contribution in [0.2, 0.25) is 0 Å². The second-order valence-electron chi connectivity index (χ2n) is 6.18. The van der Waals surface area contributed by atoms with Gasteiger partial charge in [0.15, 0.2) is 0 Å². The normalized spacial score (nSPS) is 32.8. The summed E-state index contributed by atoms with van der Waals surface area (Å²) in [6.45, 7) is 6.71. The van der Waals surface area contributed by atoms with Crippen LogP contribution >= 0.6 is 0 Å². The van der Waals surface area contributed by atoms with Gasteiger partial charge in [-0.25, -0.2) is 0 Å². The maximum Gasteiger partial charge on any atom is 0.0531 e. The Morgan fingerprint density at radius 1 is 1.29 bits per heavy atom. The van der Waals surface area contributed by atoms with E-state index in [-0.39, 0.29) is 0 Å². The number of rotatable bonds is 5. The molecule has 0 spiro atoms. The van der Waals surface area contributed by atoms with E-state index in [9.17, 15) is 0 Å². The molecule has 2 aliphatic rings. The summed E-state index contributed by atoms with van der Waals surface area (Å²) in [7, 11) is 1.83. The molecule has 3 heteroatoms. The third kappa shape index (κ3) is 3.67. The average Bonchev–Trinajstić information content (AvgIpc) is 2.75. The molecule has 1 aliphatic heterocycles. The summed E-state index contributed by atoms with van der Waals surface area (Å²) < 4.78 is 5.45. The molecule has 2 atom stereocenters. The van der Waals surface area contributed by atoms with Gasteiger partial charge in [0.25, 0.3) is 0 Å². The smallest absolute Gasteiger partial charge is 0.0531 e. The van der Waals surface area contributed by atoms with E-state index < -0.39 is 0 Å². The molecule has 1 heterocycles. The molecule has 2 fully saturated rings. The zero-order valence-corrected chi connectivity index (χ0v) is 11.4. The van der Waals surface area contributed by atoms with Crippen molar-refractivity contribution in [1.82, 2.24) is 10.6 Å². The molecule has 1 aliphatic carbocycles. The number of piperidine rings is 1. The minimum Gasteiger partial charge on any atom is -0.384 e. The van der Waals surface area contributed by atoms with E-state index in [1.165, 1.54) is 32.1 Å². The molecular weight excluding hydrogens is 212 g/mol. The molecule has 0 radical (unpaired) electrons. The summed E-state index contributed by atoms with van der Waals surface area (Å²) in [4.78, 5) is 0. The largest absolute Gasteiger partial charge is 0.384 e. The van der Waals surface area contributed by atoms with Crippen molar-refractivity contribution in [2.75, 3.05) is 33.4 Å². The predicted molar refractivity (Wildman–Crippen MR) is 71.2 cm³/mol. The first kappa shape index (κ1) is 13.3. The highest BCUT2D eigenvalue weighted by atomic mass is 16.5. The van der Waals surface area contributed by atoms with Gasteiger partial charge in [-0.3, -0.25) is 0 Å². The lowest BCUT2D eigenvalue weighted by Crippen LogP contribution is -2.47. The van der Waals surface area contributed by atoms with Gasteiger partial charge in [-0.05, 0) is 51.1 Å². The van der Waals surface area contributed by atoms with Gasteiger partial charge >= 0.3 is 0 Å². The maximum absolute atomic E-state index is 5.45. The van der Waals surface area contributed by atoms with E-state index in [2.05, 4.69) is 17.6 Å². The standard InChI is InChI=1S/C14H28N2O/c1-12-3-4-13(9-12)16-10-14(11-17-2)5-7-15-8-6-14/h12-13,15-16H,3-11H2,1-2H3. The molecule has 0 amide bonds. The van der Waals surface area contributed by atoms with E-state index in [4.69, 9.17) is 4.74 Å². The first-order chi connectivity index (χ1) is 8.24. The third-order valence-electron chi connectivity index (χ3n) is 4.58. The van der Waals surface area contributed by atoms with Gasteiger partial charge in [0, 0.05) is 25.1 Å². The van der Waals surface area contributed by atoms with Gasteiger partial charge in [0.05, 0.1) is 6.61 Å². The topological polar surface area (TPSA) is 33.3 Å². The van der Waals surface area contributed by atoms with Crippen molar-refractivity contribution in [2.45, 2.75) is 45.1 Å². The fourth-order valence-corrected chi connectivity index (χ4v) is 3.39. The highest BCUT2D eigenvalue weighted by molar-refractivity contribution is 4.89. The van der Waals surface area contributed by atoms with Crippen molar-refractivity contribution in [2.24, 2.45) is 11.3 Å². The summed E-state index contributed by atoms with van der Waals surface area (Å²) in [6, 6.07) is 0.758. The summed E-state index contributed by atoms with van der Waals surface area (Å²) in [5, 5.41) is 7.25. The van der Waals surface area contributed by atoms with E-state index in [0.717, 1.165) is 38.2 Å². The third-order valence-corrected chi connectivity index (χ3v) is 4.58. The number of hydrogen-bond acceptors (Lipinski definition) is 3. The highest BCUT2D eigenvalue weighted by Gasteiger charge is 2.33. The second kappa shape index (κ2) is 6.17. The van der Waals surface area contributed by atoms with E-state index in [1.807, 2.05) is 7.11 Å². The van der Waals surface area contributed by atoms with Crippen LogP contribution in [0.15, 0.2) is 0 Å². The lowest BCUT2D eigenvalue weighted by atomic mass is 9.79. The fraction of sp³-hybridized carbons (Fsp3) is 1.00. The van der Waals surface area contributed by atoms with Gasteiger partial charge < -0.3 is 15.4 Å². The molecule has 17 heavy (non-hydrogen) atoms. The van der Waals surface area contributed by atoms with Crippen molar-refractivity contribution in [3.8, 4) is 0 Å². The highest BCUT2D eigenvalue weighted by Crippen LogP contribution is 2.30. The summed E-state index contributed by atoms with van der Waals surface area (Å²) in [6.07, 6.45) is 6.62. The van der Waals surface area contributed by atoms with Crippen molar-refractivity contribution in [3.05, 3.63) is 0 Å². The van der Waals surface area contributed by atoms with Crippen LogP contribution in [0.1, 0.15) is 39.0 Å². The Labute approximate surface area is 106 Å². The van der Waals surface area contributed by atoms with Crippen molar-refractivity contribution < 1.29 is 4.74 Å². The minimum absolute atomic E-state index is 0.381. The Morgan fingerprint density at radius 2 is 2.06 bits per heavy atom. The van der Waals surface area contributed by atoms with Crippen LogP contribution in [0.4, 0.5) is 0 Å². The lowest BCUT2D eigenvalue weighted by Gasteiger charge is -2.38. The Balaban J connectivity index is 1.80. The number of nitrogens with one attached hydrogen (secondary N) is 2. The van der Waals surface area contributed by atoms with Gasteiger partial charge in [-0.2, -0.15) is 0 Å². The molecule has 3 nitrogen and oxygen atoms in total. The molecule has 0 aromatic rings. The van der Waals surface area contributed by atoms with E-state index in [1.54, 1.807) is 0 Å². The molecule has 2 unspecified atom stereocenters. The first-order valence-electron chi connectivity index (χ1n) is 7.17. The van der Waals surface area contributed by atoms with Gasteiger partial charge in [0.2, 0.25) is 0 Å². The Morgan fingerprint density at radius 3 is 2.65 bits per heavy atom. The van der Waals surface area contributed by atoms with Gasteiger partial charge in [0.1, 0.15) is 0 Å². The number of hydrogen-bond donors (Lipinski definition) is 2. The molecule has 0 bridgehead atoms. The summed E-state index contributed by atoms with van der Waals surface area (Å²) in [5.41, 5.74) is 0.381. The quantitative estimate of drug-likeness (QED) is 0.768. The van der Waals surface area contributed by atoms with Crippen LogP contribution in [-0.2, 0) is 4.74 Å². The molecular formula is C14H28N2O. The molecule has 0 aromatic heterocycles. The van der Waals surface area contributed by atoms with Crippen LogP contribution in [0.25, 0.3) is 0 Å². The van der Waals surface area contributed by atoms with Crippen LogP contribution in [0.5, 0.6) is 0 Å². The Hall–Kier alpha value is -0.120. The molecule has 2 rings (SSSR count). The zero-order valence-electron chi connectivity index (χ0n) is 11.4. The van der Waals surface area contributed by atoms with Crippen molar-refractivity contribution in [1.29, 1.82) is 0 Å². The first-order valence-corrected chi connectivity index (χ1v) is 7.17. The van der Waals surface area contributed by atoms with Crippen molar-refractivity contribution >= 4 is 0 Å². The minimum atomic E-state index is 0.381. The molecule has 1 saturated heterocycles. The molecule has 2 N–H and O–H groups in total. The fourth-order valence-electron chi connectivity index (χ4n) is 3.39.